The summed E-state index contributed by atoms with van der Waals surface area (Å²) >= 11 is 0. The molecule has 0 bridgehead atoms. The van der Waals surface area contributed by atoms with E-state index in [2.05, 4.69) is 27.2 Å². The molecule has 0 aromatic rings. The molecule has 0 saturated heterocycles. The Bertz CT molecular complexity index is 86.0. The lowest BCUT2D eigenvalue weighted by atomic mass is 11.2. The Morgan fingerprint density at radius 1 is 1.62 bits per heavy atom. The Hall–Kier alpha value is -1.06. The maximum atomic E-state index is 3.61. The van der Waals surface area contributed by atoms with Gasteiger partial charge in [0.25, 0.3) is 0 Å². The second-order valence-electron chi connectivity index (χ2n) is 0.990. The Morgan fingerprint density at radius 3 is 2.88 bits per heavy atom. The summed E-state index contributed by atoms with van der Waals surface area (Å²) in [6.45, 7) is 0. The highest BCUT2D eigenvalue weighted by atomic mass is 15.3. The normalized spacial score (nSPS) is 10.8. The van der Waals surface area contributed by atoms with Crippen molar-refractivity contribution in [1.82, 2.24) is 10.7 Å². The largest absolute Gasteiger partial charge is 0.551 e. The van der Waals surface area contributed by atoms with E-state index in [0.29, 0.717) is 0 Å². The van der Waals surface area contributed by atoms with Crippen LogP contribution in [0.25, 0.3) is 0 Å². The van der Waals surface area contributed by atoms with Crippen molar-refractivity contribution in [3.05, 3.63) is 0 Å². The molecule has 0 radical (unpaired) electrons. The van der Waals surface area contributed by atoms with Gasteiger partial charge in [-0.3, -0.25) is 11.3 Å². The number of aliphatic imine (C=N–C) groups is 1. The Labute approximate surface area is 48.7 Å². The van der Waals surface area contributed by atoms with Gasteiger partial charge in [0.05, 0.1) is 6.34 Å². The maximum absolute atomic E-state index is 3.61. The van der Waals surface area contributed by atoms with Crippen LogP contribution in [0.15, 0.2) is 10.1 Å². The third-order valence-corrected chi connectivity index (χ3v) is 0.419. The summed E-state index contributed by atoms with van der Waals surface area (Å²) in [5.74, 6) is 0. The van der Waals surface area contributed by atoms with Gasteiger partial charge in [-0.25, -0.2) is 0 Å². The van der Waals surface area contributed by atoms with E-state index in [4.69, 9.17) is 0 Å². The van der Waals surface area contributed by atoms with Crippen molar-refractivity contribution in [1.29, 1.82) is 0 Å². The SMILES string of the molecule is CN=CNN=[C-]NC. The number of hydrazone groups is 1. The highest BCUT2D eigenvalue weighted by Gasteiger charge is 1.50. The van der Waals surface area contributed by atoms with Crippen molar-refractivity contribution in [2.24, 2.45) is 10.1 Å². The predicted molar refractivity (Wildman–Crippen MR) is 34.0 cm³/mol. The molecule has 0 aliphatic carbocycles. The number of hydrogen-bond donors (Lipinski definition) is 2. The van der Waals surface area contributed by atoms with Gasteiger partial charge in [0.15, 0.2) is 0 Å². The molecule has 0 atom stereocenters. The average Bonchev–Trinajstić information content (AvgIpc) is 1.81. The smallest absolute Gasteiger partial charge is 0.0997 e. The molecule has 0 aliphatic heterocycles. The molecular formula is C4H9N4-. The average molecular weight is 113 g/mol. The molecule has 0 saturated carbocycles. The molecule has 0 unspecified atom stereocenters. The molecule has 4 heteroatoms. The number of hydrogen-bond acceptors (Lipinski definition) is 2. The predicted octanol–water partition coefficient (Wildman–Crippen LogP) is -0.726. The third-order valence-electron chi connectivity index (χ3n) is 0.419. The minimum absolute atomic E-state index is 1.46. The maximum Gasteiger partial charge on any atom is 0.0997 e. The highest BCUT2D eigenvalue weighted by Crippen LogP contribution is 1.47. The van der Waals surface area contributed by atoms with Crippen LogP contribution >= 0.6 is 0 Å². The molecule has 0 rings (SSSR count). The molecule has 0 spiro atoms. The van der Waals surface area contributed by atoms with Crippen LogP contribution in [-0.2, 0) is 0 Å². The summed E-state index contributed by atoms with van der Waals surface area (Å²) in [7, 11) is 3.37. The van der Waals surface area contributed by atoms with E-state index in [1.807, 2.05) is 0 Å². The standard InChI is InChI=1S/C4H9N4/c1-5-3-7-8-4-6-2/h3H,1-2H3,(H,5,7)(H,6,8)/q-1. The first-order chi connectivity index (χ1) is 3.91. The summed E-state index contributed by atoms with van der Waals surface area (Å²) in [4.78, 5) is 3.61. The first-order valence-electron chi connectivity index (χ1n) is 2.19. The summed E-state index contributed by atoms with van der Waals surface area (Å²) in [6, 6.07) is 0. The van der Waals surface area contributed by atoms with Crippen LogP contribution in [0.3, 0.4) is 0 Å². The summed E-state index contributed by atoms with van der Waals surface area (Å²) < 4.78 is 0. The van der Waals surface area contributed by atoms with Gasteiger partial charge in [-0.05, 0) is 7.05 Å². The molecular weight excluding hydrogens is 104 g/mol. The fourth-order valence-electron chi connectivity index (χ4n) is 0.175. The van der Waals surface area contributed by atoms with Gasteiger partial charge >= 0.3 is 0 Å². The molecule has 0 aliphatic rings. The quantitative estimate of drug-likeness (QED) is 0.167. The minimum Gasteiger partial charge on any atom is -0.551 e. The van der Waals surface area contributed by atoms with Crippen LogP contribution in [0, 0.1) is 0 Å². The van der Waals surface area contributed by atoms with E-state index in [0.717, 1.165) is 0 Å². The Balaban J connectivity index is 3.03. The van der Waals surface area contributed by atoms with Crippen LogP contribution in [-0.4, -0.2) is 26.8 Å². The lowest BCUT2D eigenvalue weighted by molar-refractivity contribution is 1.03. The summed E-state index contributed by atoms with van der Waals surface area (Å²) in [5, 5.41) is 6.10. The van der Waals surface area contributed by atoms with Crippen molar-refractivity contribution in [2.75, 3.05) is 14.1 Å². The van der Waals surface area contributed by atoms with Crippen molar-refractivity contribution >= 4 is 12.7 Å². The molecule has 0 fully saturated rings. The van der Waals surface area contributed by atoms with Gasteiger partial charge in [0.1, 0.15) is 0 Å². The zero-order valence-electron chi connectivity index (χ0n) is 4.97. The molecule has 0 amide bonds. The molecule has 8 heavy (non-hydrogen) atoms. The molecule has 4 nitrogen and oxygen atoms in total. The number of nitrogens with one attached hydrogen (secondary N) is 2. The van der Waals surface area contributed by atoms with Gasteiger partial charge in [0, 0.05) is 7.05 Å². The molecule has 2 N–H and O–H groups in total. The zero-order valence-corrected chi connectivity index (χ0v) is 4.97. The van der Waals surface area contributed by atoms with E-state index >= 15 is 0 Å². The van der Waals surface area contributed by atoms with E-state index in [-0.39, 0.29) is 0 Å². The van der Waals surface area contributed by atoms with Crippen molar-refractivity contribution in [2.45, 2.75) is 0 Å². The summed E-state index contributed by atoms with van der Waals surface area (Å²) in [5.41, 5.74) is 2.50. The van der Waals surface area contributed by atoms with Gasteiger partial charge in [-0.15, -0.1) is 0 Å². The monoisotopic (exact) mass is 113 g/mol. The molecule has 0 aromatic carbocycles. The summed E-state index contributed by atoms with van der Waals surface area (Å²) in [6.07, 6.45) is 3.92. The van der Waals surface area contributed by atoms with Crippen LogP contribution < -0.4 is 10.7 Å². The van der Waals surface area contributed by atoms with Crippen LogP contribution in [0.4, 0.5) is 0 Å². The Kier molecular flexibility index (Phi) is 5.15. The van der Waals surface area contributed by atoms with Crippen molar-refractivity contribution in [3.8, 4) is 0 Å². The lowest BCUT2D eigenvalue weighted by Crippen LogP contribution is -2.08. The second-order valence-corrected chi connectivity index (χ2v) is 0.990. The van der Waals surface area contributed by atoms with E-state index in [1.54, 1.807) is 14.1 Å². The van der Waals surface area contributed by atoms with Crippen LogP contribution in [0.1, 0.15) is 0 Å². The molecule has 0 heterocycles. The zero-order chi connectivity index (χ0) is 6.24. The number of rotatable bonds is 3. The fraction of sp³-hybridized carbons (Fsp3) is 0.500. The minimum atomic E-state index is 1.46. The topological polar surface area (TPSA) is 48.8 Å². The molecule has 46 valence electrons. The third kappa shape index (κ3) is 4.94. The van der Waals surface area contributed by atoms with Gasteiger partial charge in [-0.2, -0.15) is 0 Å². The van der Waals surface area contributed by atoms with E-state index < -0.39 is 0 Å². The second kappa shape index (κ2) is 5.94. The van der Waals surface area contributed by atoms with Gasteiger partial charge in [-0.1, -0.05) is 0 Å². The van der Waals surface area contributed by atoms with Crippen molar-refractivity contribution < 1.29 is 0 Å². The van der Waals surface area contributed by atoms with Crippen molar-refractivity contribution in [3.63, 3.8) is 0 Å². The van der Waals surface area contributed by atoms with Crippen LogP contribution in [0.2, 0.25) is 0 Å². The van der Waals surface area contributed by atoms with E-state index in [1.165, 1.54) is 6.34 Å². The van der Waals surface area contributed by atoms with Gasteiger partial charge in [0.2, 0.25) is 0 Å². The first-order valence-corrected chi connectivity index (χ1v) is 2.19. The van der Waals surface area contributed by atoms with Gasteiger partial charge < -0.3 is 15.8 Å². The number of nitrogens with zero attached hydrogens (tertiary/aromatic N) is 2. The highest BCUT2D eigenvalue weighted by molar-refractivity contribution is 5.58. The Morgan fingerprint density at radius 2 is 2.38 bits per heavy atom. The van der Waals surface area contributed by atoms with Crippen LogP contribution in [0.5, 0.6) is 0 Å². The van der Waals surface area contributed by atoms with E-state index in [9.17, 15) is 0 Å². The fourth-order valence-corrected chi connectivity index (χ4v) is 0.175. The lowest BCUT2D eigenvalue weighted by Gasteiger charge is -2.01. The first kappa shape index (κ1) is 6.94. The molecule has 0 aromatic heterocycles.